The highest BCUT2D eigenvalue weighted by atomic mass is 14.8. The van der Waals surface area contributed by atoms with E-state index in [2.05, 4.69) is 161 Å². The summed E-state index contributed by atoms with van der Waals surface area (Å²) in [4.78, 5) is 15.1. The van der Waals surface area contributed by atoms with Crippen LogP contribution in [0.3, 0.4) is 0 Å². The van der Waals surface area contributed by atoms with Crippen molar-refractivity contribution in [3.05, 3.63) is 165 Å². The zero-order chi connectivity index (χ0) is 34.6. The van der Waals surface area contributed by atoms with Crippen molar-refractivity contribution < 1.29 is 0 Å². The summed E-state index contributed by atoms with van der Waals surface area (Å²) in [6.45, 7) is 12.1. The summed E-state index contributed by atoms with van der Waals surface area (Å²) in [5.41, 5.74) is 18.5. The van der Waals surface area contributed by atoms with Gasteiger partial charge in [0, 0.05) is 22.9 Å². The highest BCUT2D eigenvalue weighted by molar-refractivity contribution is 6.12. The van der Waals surface area contributed by atoms with Crippen LogP contribution in [-0.4, -0.2) is 23.7 Å². The Balaban J connectivity index is 1.15. The lowest BCUT2D eigenvalue weighted by molar-refractivity contribution is 0.963. The molecule has 0 amide bonds. The molecule has 0 spiro atoms. The smallest absolute Gasteiger partial charge is 0.0708 e. The van der Waals surface area contributed by atoms with Crippen LogP contribution in [0, 0.1) is 12.8 Å². The zero-order valence-corrected chi connectivity index (χ0v) is 30.1. The van der Waals surface area contributed by atoms with Gasteiger partial charge in [0.1, 0.15) is 0 Å². The normalized spacial score (nSPS) is 18.0. The molecule has 0 radical (unpaired) electrons. The average Bonchev–Trinajstić information content (AvgIpc) is 3.67. The van der Waals surface area contributed by atoms with Gasteiger partial charge in [-0.15, -0.1) is 0 Å². The first-order valence-corrected chi connectivity index (χ1v) is 18.2. The first-order valence-electron chi connectivity index (χ1n) is 18.2. The van der Waals surface area contributed by atoms with Crippen molar-refractivity contribution >= 4 is 40.2 Å². The maximum Gasteiger partial charge on any atom is 0.0708 e. The number of hydrogen-bond acceptors (Lipinski definition) is 3. The third-order valence-corrected chi connectivity index (χ3v) is 10.5. The minimum absolute atomic E-state index is 0.156. The van der Waals surface area contributed by atoms with Crippen LogP contribution in [-0.2, 0) is 6.42 Å². The van der Waals surface area contributed by atoms with Crippen LogP contribution in [0.1, 0.15) is 91.8 Å². The van der Waals surface area contributed by atoms with Crippen molar-refractivity contribution in [1.29, 1.82) is 0 Å². The molecule has 0 bridgehead atoms. The Morgan fingerprint density at radius 3 is 2.48 bits per heavy atom. The standard InChI is InChI=1S/C47H47N3/c1-31(2)38(24-26-41-17-12-28-48-41)30-43-34(5)47(50-45-19-10-9-18-42(43)45)40-16-11-15-39(29-40)32(3)20-21-35-22-23-37-25-27-44(49-46(37)33(35)4)36-13-7-6-8-14-36/h6-23,29-30,32,34H,24-28H2,1-5H3/b21-20-,43-30+. The van der Waals surface area contributed by atoms with Gasteiger partial charge in [0.15, 0.2) is 0 Å². The van der Waals surface area contributed by atoms with E-state index < -0.39 is 0 Å². The van der Waals surface area contributed by atoms with Gasteiger partial charge in [-0.2, -0.15) is 0 Å². The van der Waals surface area contributed by atoms with Crippen LogP contribution in [0.4, 0.5) is 11.4 Å². The lowest BCUT2D eigenvalue weighted by Crippen LogP contribution is -2.18. The Hall–Kier alpha value is -5.15. The Kier molecular flexibility index (Phi) is 9.85. The molecule has 7 rings (SSSR count). The third-order valence-electron chi connectivity index (χ3n) is 10.5. The number of fused-ring (bicyclic) bond motifs is 2. The Labute approximate surface area is 298 Å². The number of nitrogens with zero attached hydrogens (tertiary/aromatic N) is 3. The van der Waals surface area contributed by atoms with Gasteiger partial charge in [-0.05, 0) is 115 Å². The Morgan fingerprint density at radius 1 is 0.880 bits per heavy atom. The minimum Gasteiger partial charge on any atom is -0.286 e. The number of allylic oxidation sites excluding steroid dienone is 6. The molecule has 0 N–H and O–H groups in total. The first kappa shape index (κ1) is 33.4. The van der Waals surface area contributed by atoms with Gasteiger partial charge < -0.3 is 0 Å². The summed E-state index contributed by atoms with van der Waals surface area (Å²) in [5, 5.41) is 0. The second-order valence-electron chi connectivity index (χ2n) is 14.1. The van der Waals surface area contributed by atoms with Crippen molar-refractivity contribution in [3.63, 3.8) is 0 Å². The quantitative estimate of drug-likeness (QED) is 0.172. The molecular formula is C47H47N3. The SMILES string of the molecule is CC(C)=C(/C=C1/c2ccccc2N=C(c2cccc(C(C)/C=C\c3ccc4c(c3C)N=C(c3ccccc3)CC4)c2)C1C)CCC1=NCC=C1. The number of aryl methyl sites for hydroxylation is 1. The molecule has 2 unspecified atom stereocenters. The number of hydrogen-bond donors (Lipinski definition) is 0. The molecule has 0 aliphatic carbocycles. The van der Waals surface area contributed by atoms with Crippen LogP contribution >= 0.6 is 0 Å². The molecule has 3 heterocycles. The second kappa shape index (κ2) is 14.8. The first-order chi connectivity index (χ1) is 24.4. The summed E-state index contributed by atoms with van der Waals surface area (Å²) >= 11 is 0. The molecule has 3 aliphatic rings. The third kappa shape index (κ3) is 7.09. The zero-order valence-electron chi connectivity index (χ0n) is 30.1. The van der Waals surface area contributed by atoms with E-state index in [-0.39, 0.29) is 11.8 Å². The molecule has 250 valence electrons. The molecular weight excluding hydrogens is 607 g/mol. The van der Waals surface area contributed by atoms with E-state index in [0.717, 1.165) is 49.3 Å². The van der Waals surface area contributed by atoms with E-state index in [0.29, 0.717) is 0 Å². The average molecular weight is 654 g/mol. The lowest BCUT2D eigenvalue weighted by Gasteiger charge is -2.27. The van der Waals surface area contributed by atoms with Crippen molar-refractivity contribution in [2.75, 3.05) is 6.54 Å². The highest BCUT2D eigenvalue weighted by Crippen LogP contribution is 2.41. The second-order valence-corrected chi connectivity index (χ2v) is 14.1. The van der Waals surface area contributed by atoms with Crippen LogP contribution in [0.25, 0.3) is 11.6 Å². The summed E-state index contributed by atoms with van der Waals surface area (Å²) in [6.07, 6.45) is 15.3. The summed E-state index contributed by atoms with van der Waals surface area (Å²) in [5.74, 6) is 0.393. The van der Waals surface area contributed by atoms with Gasteiger partial charge in [-0.1, -0.05) is 123 Å². The van der Waals surface area contributed by atoms with E-state index >= 15 is 0 Å². The summed E-state index contributed by atoms with van der Waals surface area (Å²) in [6, 6.07) is 32.7. The fraction of sp³-hybridized carbons (Fsp3) is 0.255. The molecule has 0 aromatic heterocycles. The summed E-state index contributed by atoms with van der Waals surface area (Å²) < 4.78 is 0. The Bertz CT molecular complexity index is 2130. The topological polar surface area (TPSA) is 37.1 Å². The number of rotatable bonds is 9. The van der Waals surface area contributed by atoms with E-state index in [1.54, 1.807) is 0 Å². The van der Waals surface area contributed by atoms with E-state index in [4.69, 9.17) is 9.98 Å². The molecule has 3 aliphatic heterocycles. The molecule has 4 aromatic carbocycles. The van der Waals surface area contributed by atoms with E-state index in [1.165, 1.54) is 67.1 Å². The monoisotopic (exact) mass is 653 g/mol. The van der Waals surface area contributed by atoms with Gasteiger partial charge >= 0.3 is 0 Å². The fourth-order valence-corrected chi connectivity index (χ4v) is 7.36. The van der Waals surface area contributed by atoms with Crippen LogP contribution in [0.15, 0.2) is 141 Å². The van der Waals surface area contributed by atoms with Crippen LogP contribution in [0.2, 0.25) is 0 Å². The van der Waals surface area contributed by atoms with E-state index in [9.17, 15) is 0 Å². The highest BCUT2D eigenvalue weighted by Gasteiger charge is 2.26. The van der Waals surface area contributed by atoms with E-state index in [1.807, 2.05) is 0 Å². The van der Waals surface area contributed by atoms with Crippen LogP contribution < -0.4 is 0 Å². The molecule has 3 heteroatoms. The van der Waals surface area contributed by atoms with Gasteiger partial charge in [-0.3, -0.25) is 15.0 Å². The number of aliphatic imine (C=N–C) groups is 3. The molecule has 2 atom stereocenters. The molecule has 50 heavy (non-hydrogen) atoms. The maximum absolute atomic E-state index is 5.28. The molecule has 0 saturated carbocycles. The summed E-state index contributed by atoms with van der Waals surface area (Å²) in [7, 11) is 0. The molecule has 0 fully saturated rings. The van der Waals surface area contributed by atoms with Gasteiger partial charge in [0.2, 0.25) is 0 Å². The van der Waals surface area contributed by atoms with Gasteiger partial charge in [0.05, 0.1) is 23.6 Å². The van der Waals surface area contributed by atoms with Gasteiger partial charge in [0.25, 0.3) is 0 Å². The molecule has 3 nitrogen and oxygen atoms in total. The number of benzene rings is 4. The Morgan fingerprint density at radius 2 is 1.68 bits per heavy atom. The van der Waals surface area contributed by atoms with Crippen molar-refractivity contribution in [1.82, 2.24) is 0 Å². The van der Waals surface area contributed by atoms with Crippen molar-refractivity contribution in [2.45, 2.75) is 66.2 Å². The fourth-order valence-electron chi connectivity index (χ4n) is 7.36. The van der Waals surface area contributed by atoms with Crippen LogP contribution in [0.5, 0.6) is 0 Å². The van der Waals surface area contributed by atoms with Gasteiger partial charge in [-0.25, -0.2) is 0 Å². The molecule has 4 aromatic rings. The maximum atomic E-state index is 5.28. The predicted octanol–water partition coefficient (Wildman–Crippen LogP) is 12.2. The predicted molar refractivity (Wildman–Crippen MR) is 215 cm³/mol. The number of para-hydroxylation sites is 1. The largest absolute Gasteiger partial charge is 0.286 e. The lowest BCUT2D eigenvalue weighted by atomic mass is 9.81. The minimum atomic E-state index is 0.156. The molecule has 0 saturated heterocycles. The van der Waals surface area contributed by atoms with Crippen molar-refractivity contribution in [3.8, 4) is 0 Å². The van der Waals surface area contributed by atoms with Crippen molar-refractivity contribution in [2.24, 2.45) is 20.9 Å².